The lowest BCUT2D eigenvalue weighted by molar-refractivity contribution is -0.211. The van der Waals surface area contributed by atoms with Crippen molar-refractivity contribution in [3.8, 4) is 6.07 Å². The molecule has 0 saturated heterocycles. The molecule has 1 unspecified atom stereocenters. The number of hydrogen-bond donors (Lipinski definition) is 0. The summed E-state index contributed by atoms with van der Waals surface area (Å²) >= 11 is 0. The topological polar surface area (TPSA) is 78.2 Å². The molecule has 1 aliphatic heterocycles. The van der Waals surface area contributed by atoms with Crippen molar-refractivity contribution in [2.45, 2.75) is 120 Å². The van der Waals surface area contributed by atoms with E-state index in [1.54, 1.807) is 0 Å². The number of carbonyl (C=O) groups excluding carboxylic acids is 3. The minimum atomic E-state index is -0.661. The molecular weight excluding hydrogens is 544 g/mol. The summed E-state index contributed by atoms with van der Waals surface area (Å²) in [5.74, 6) is 0.214. The van der Waals surface area contributed by atoms with Crippen LogP contribution in [0.25, 0.3) is 0 Å². The van der Waals surface area contributed by atoms with Crippen LogP contribution in [-0.2, 0) is 14.4 Å². The average molecular weight is 599 g/mol. The predicted molar refractivity (Wildman–Crippen MR) is 173 cm³/mol. The van der Waals surface area contributed by atoms with Gasteiger partial charge in [0.15, 0.2) is 11.6 Å². The predicted octanol–water partition coefficient (Wildman–Crippen LogP) is 8.16. The lowest BCUT2D eigenvalue weighted by Crippen LogP contribution is -2.69. The van der Waals surface area contributed by atoms with Crippen molar-refractivity contribution in [3.05, 3.63) is 34.9 Å². The van der Waals surface area contributed by atoms with Crippen LogP contribution in [0.4, 0.5) is 0 Å². The second-order valence-electron chi connectivity index (χ2n) is 17.9. The summed E-state index contributed by atoms with van der Waals surface area (Å²) in [5, 5.41) is 10.0. The van der Waals surface area contributed by atoms with Crippen molar-refractivity contribution in [1.29, 1.82) is 5.26 Å². The lowest BCUT2D eigenvalue weighted by Gasteiger charge is -2.73. The first-order valence-electron chi connectivity index (χ1n) is 17.3. The third kappa shape index (κ3) is 3.91. The highest BCUT2D eigenvalue weighted by molar-refractivity contribution is 6.04. The molecule has 0 bridgehead atoms. The molecule has 0 aromatic carbocycles. The SMILES string of the molecule is CCC1=CC(=O)N(C[C@]23CCC(C)(C)C[C@@]2(C)[C@H]2C(=O)C=C4[C@@]5(C)C=C(C#N)C(=O)C(C)(C)C5CC[C@@]4(C)[C@]2(C)CC3)CC1. The molecule has 0 spiro atoms. The van der Waals surface area contributed by atoms with Gasteiger partial charge in [0, 0.05) is 35.9 Å². The Morgan fingerprint density at radius 1 is 0.909 bits per heavy atom. The number of fused-ring (bicyclic) bond motifs is 7. The molecule has 6 rings (SSSR count). The van der Waals surface area contributed by atoms with Gasteiger partial charge >= 0.3 is 0 Å². The number of nitrogens with zero attached hydrogens (tertiary/aromatic N) is 2. The number of amides is 1. The minimum Gasteiger partial charge on any atom is -0.338 e. The van der Waals surface area contributed by atoms with Crippen molar-refractivity contribution in [3.63, 3.8) is 0 Å². The van der Waals surface area contributed by atoms with E-state index in [0.29, 0.717) is 0 Å². The highest BCUT2D eigenvalue weighted by Gasteiger charge is 2.73. The number of ketones is 2. The molecule has 0 aromatic heterocycles. The van der Waals surface area contributed by atoms with Crippen molar-refractivity contribution in [2.24, 2.45) is 49.7 Å². The van der Waals surface area contributed by atoms with E-state index in [-0.39, 0.29) is 62.0 Å². The third-order valence-electron chi connectivity index (χ3n) is 15.0. The summed E-state index contributed by atoms with van der Waals surface area (Å²) in [6, 6.07) is 2.22. The third-order valence-corrected chi connectivity index (χ3v) is 15.0. The summed E-state index contributed by atoms with van der Waals surface area (Å²) in [4.78, 5) is 43.8. The van der Waals surface area contributed by atoms with Crippen LogP contribution >= 0.6 is 0 Å². The first-order chi connectivity index (χ1) is 20.3. The Morgan fingerprint density at radius 3 is 2.23 bits per heavy atom. The molecule has 238 valence electrons. The summed E-state index contributed by atoms with van der Waals surface area (Å²) in [6.07, 6.45) is 14.6. The van der Waals surface area contributed by atoms with Crippen molar-refractivity contribution >= 4 is 17.5 Å². The highest BCUT2D eigenvalue weighted by atomic mass is 16.2. The van der Waals surface area contributed by atoms with Gasteiger partial charge in [-0.25, -0.2) is 0 Å². The molecule has 5 nitrogen and oxygen atoms in total. The second kappa shape index (κ2) is 9.52. The normalized spacial score (nSPS) is 44.2. The molecule has 5 aliphatic carbocycles. The number of allylic oxidation sites excluding steroid dienone is 4. The Kier molecular flexibility index (Phi) is 6.82. The van der Waals surface area contributed by atoms with Gasteiger partial charge in [-0.3, -0.25) is 14.4 Å². The number of nitriles is 1. The van der Waals surface area contributed by atoms with Gasteiger partial charge in [0.2, 0.25) is 5.91 Å². The molecule has 5 heteroatoms. The molecule has 0 N–H and O–H groups in total. The van der Waals surface area contributed by atoms with Gasteiger partial charge in [0.05, 0.1) is 5.57 Å². The Labute approximate surface area is 265 Å². The Hall–Kier alpha value is -2.48. The van der Waals surface area contributed by atoms with E-state index in [4.69, 9.17) is 0 Å². The monoisotopic (exact) mass is 598 g/mol. The van der Waals surface area contributed by atoms with Crippen LogP contribution in [0.1, 0.15) is 120 Å². The first kappa shape index (κ1) is 31.5. The molecule has 1 heterocycles. The molecular formula is C39H54N2O3. The lowest BCUT2D eigenvalue weighted by atomic mass is 9.31. The van der Waals surface area contributed by atoms with E-state index in [0.717, 1.165) is 76.5 Å². The molecule has 0 aromatic rings. The van der Waals surface area contributed by atoms with E-state index < -0.39 is 10.8 Å². The van der Waals surface area contributed by atoms with E-state index in [1.807, 2.05) is 32.1 Å². The van der Waals surface area contributed by atoms with Crippen LogP contribution in [-0.4, -0.2) is 35.5 Å². The maximum atomic E-state index is 15.0. The first-order valence-corrected chi connectivity index (χ1v) is 17.3. The molecule has 6 aliphatic rings. The van der Waals surface area contributed by atoms with Crippen LogP contribution < -0.4 is 0 Å². The Morgan fingerprint density at radius 2 is 1.59 bits per heavy atom. The van der Waals surface area contributed by atoms with Crippen LogP contribution in [0.2, 0.25) is 0 Å². The molecule has 1 amide bonds. The van der Waals surface area contributed by atoms with Gasteiger partial charge in [0.25, 0.3) is 0 Å². The molecule has 7 atom stereocenters. The highest BCUT2D eigenvalue weighted by Crippen LogP contribution is 2.77. The van der Waals surface area contributed by atoms with E-state index in [9.17, 15) is 19.6 Å². The standard InChI is InChI=1S/C39H54N2O3/c1-10-25-12-18-41(30(43)19-25)24-39-16-14-33(2,3)23-38(39,9)31-27(42)20-29-35(6)21-26(22-40)32(44)34(4,5)28(35)11-13-36(29,7)37(31,8)15-17-39/h19-21,28,31H,10-18,23-24H2,1-9H3/t28?,31-,35-,36+,37+,38-,39+/m0/s1. The molecule has 3 saturated carbocycles. The van der Waals surface area contributed by atoms with Gasteiger partial charge in [-0.1, -0.05) is 79.5 Å². The summed E-state index contributed by atoms with van der Waals surface area (Å²) in [6.45, 7) is 21.8. The van der Waals surface area contributed by atoms with Crippen LogP contribution in [0.15, 0.2) is 34.9 Å². The summed E-state index contributed by atoms with van der Waals surface area (Å²) < 4.78 is 0. The smallest absolute Gasteiger partial charge is 0.246 e. The van der Waals surface area contributed by atoms with Gasteiger partial charge in [0.1, 0.15) is 6.07 Å². The summed E-state index contributed by atoms with van der Waals surface area (Å²) in [5.41, 5.74) is 0.701. The van der Waals surface area contributed by atoms with E-state index in [1.165, 1.54) is 5.57 Å². The molecule has 44 heavy (non-hydrogen) atoms. The van der Waals surface area contributed by atoms with Gasteiger partial charge in [-0.15, -0.1) is 0 Å². The van der Waals surface area contributed by atoms with Crippen molar-refractivity contribution in [1.82, 2.24) is 4.90 Å². The number of Topliss-reactive ketones (excluding diaryl/α,β-unsaturated/α-hetero) is 1. The van der Waals surface area contributed by atoms with Crippen LogP contribution in [0.3, 0.4) is 0 Å². The Bertz CT molecular complexity index is 1470. The number of carbonyl (C=O) groups is 3. The van der Waals surface area contributed by atoms with Crippen LogP contribution in [0.5, 0.6) is 0 Å². The maximum Gasteiger partial charge on any atom is 0.246 e. The zero-order valence-electron chi connectivity index (χ0n) is 28.8. The van der Waals surface area contributed by atoms with Gasteiger partial charge in [-0.2, -0.15) is 5.26 Å². The molecule has 3 fully saturated rings. The maximum absolute atomic E-state index is 15.0. The van der Waals surface area contributed by atoms with E-state index in [2.05, 4.69) is 59.4 Å². The minimum absolute atomic E-state index is 0.0462. The van der Waals surface area contributed by atoms with Crippen molar-refractivity contribution < 1.29 is 14.4 Å². The second-order valence-corrected chi connectivity index (χ2v) is 17.9. The van der Waals surface area contributed by atoms with Crippen LogP contribution in [0, 0.1) is 61.1 Å². The molecule has 0 radical (unpaired) electrons. The quantitative estimate of drug-likeness (QED) is 0.328. The van der Waals surface area contributed by atoms with Gasteiger partial charge in [-0.05, 0) is 96.9 Å². The van der Waals surface area contributed by atoms with Crippen molar-refractivity contribution in [2.75, 3.05) is 13.1 Å². The summed E-state index contributed by atoms with van der Waals surface area (Å²) in [7, 11) is 0. The fourth-order valence-electron chi connectivity index (χ4n) is 12.4. The average Bonchev–Trinajstić information content (AvgIpc) is 2.93. The van der Waals surface area contributed by atoms with E-state index >= 15 is 0 Å². The Balaban J connectivity index is 1.49. The number of hydrogen-bond acceptors (Lipinski definition) is 4. The van der Waals surface area contributed by atoms with Gasteiger partial charge < -0.3 is 4.90 Å². The fourth-order valence-corrected chi connectivity index (χ4v) is 12.4. The number of rotatable bonds is 3. The zero-order valence-corrected chi connectivity index (χ0v) is 28.8. The fraction of sp³-hybridized carbons (Fsp3) is 0.744. The zero-order chi connectivity index (χ0) is 32.3. The largest absolute Gasteiger partial charge is 0.338 e.